The Morgan fingerprint density at radius 2 is 1.15 bits per heavy atom. The van der Waals surface area contributed by atoms with E-state index in [0.717, 1.165) is 35.2 Å². The Morgan fingerprint density at radius 1 is 0.618 bits per heavy atom. The van der Waals surface area contributed by atoms with E-state index in [-0.39, 0.29) is 0 Å². The molecule has 0 bridgehead atoms. The van der Waals surface area contributed by atoms with Crippen LogP contribution < -0.4 is 0 Å². The lowest BCUT2D eigenvalue weighted by Gasteiger charge is -2.33. The first-order chi connectivity index (χ1) is 16.9. The third-order valence-corrected chi connectivity index (χ3v) is 6.78. The van der Waals surface area contributed by atoms with E-state index in [1.54, 1.807) is 0 Å². The third kappa shape index (κ3) is 3.39. The summed E-state index contributed by atoms with van der Waals surface area (Å²) in [5, 5.41) is 4.92. The van der Waals surface area contributed by atoms with Gasteiger partial charge in [-0.15, -0.1) is 0 Å². The molecule has 0 saturated carbocycles. The van der Waals surface area contributed by atoms with Gasteiger partial charge < -0.3 is 4.84 Å². The van der Waals surface area contributed by atoms with Crippen LogP contribution in [0, 0.1) is 0 Å². The highest BCUT2D eigenvalue weighted by molar-refractivity contribution is 6.12. The van der Waals surface area contributed by atoms with Gasteiger partial charge in [0.2, 0.25) is 5.60 Å². The number of allylic oxidation sites excluding steroid dienone is 4. The predicted molar refractivity (Wildman–Crippen MR) is 139 cm³/mol. The van der Waals surface area contributed by atoms with Crippen molar-refractivity contribution < 1.29 is 4.84 Å². The number of benzene rings is 4. The van der Waals surface area contributed by atoms with Gasteiger partial charge in [0.25, 0.3) is 0 Å². The molecule has 0 fully saturated rings. The second-order valence-corrected chi connectivity index (χ2v) is 8.74. The zero-order chi connectivity index (χ0) is 22.8. The Hall–Kier alpha value is -4.17. The van der Waals surface area contributed by atoms with E-state index in [2.05, 4.69) is 109 Å². The zero-order valence-corrected chi connectivity index (χ0v) is 18.9. The van der Waals surface area contributed by atoms with E-state index in [0.29, 0.717) is 0 Å². The molecule has 0 saturated heterocycles. The molecule has 0 unspecified atom stereocenters. The molecule has 2 aliphatic carbocycles. The second-order valence-electron chi connectivity index (χ2n) is 8.74. The summed E-state index contributed by atoms with van der Waals surface area (Å²) >= 11 is 0. The highest BCUT2D eigenvalue weighted by Gasteiger charge is 2.40. The van der Waals surface area contributed by atoms with Crippen LogP contribution in [0.3, 0.4) is 0 Å². The van der Waals surface area contributed by atoms with E-state index < -0.39 is 5.60 Å². The average Bonchev–Trinajstić information content (AvgIpc) is 3.30. The largest absolute Gasteiger partial charge is 0.374 e. The predicted octanol–water partition coefficient (Wildman–Crippen LogP) is 7.32. The molecule has 0 atom stereocenters. The molecule has 0 radical (unpaired) electrons. The van der Waals surface area contributed by atoms with E-state index in [1.165, 1.54) is 22.3 Å². The number of hydrogen-bond donors (Lipinski definition) is 0. The zero-order valence-electron chi connectivity index (χ0n) is 18.9. The Bertz CT molecular complexity index is 1300. The SMILES string of the molecule is C1=CC2=C(Cc3ccccc32)C(=NOC(c2ccccc2)(c2ccccc2)c2ccccc2)C1. The quantitative estimate of drug-likeness (QED) is 0.236. The molecular formula is C32H25NO. The maximum absolute atomic E-state index is 6.75. The van der Waals surface area contributed by atoms with E-state index in [9.17, 15) is 0 Å². The molecule has 0 N–H and O–H groups in total. The lowest BCUT2D eigenvalue weighted by molar-refractivity contribution is 0.0170. The molecule has 4 aromatic carbocycles. The summed E-state index contributed by atoms with van der Waals surface area (Å²) < 4.78 is 0. The molecule has 0 aromatic heterocycles. The molecule has 164 valence electrons. The van der Waals surface area contributed by atoms with Crippen LogP contribution in [0.2, 0.25) is 0 Å². The van der Waals surface area contributed by atoms with Crippen LogP contribution in [0.1, 0.15) is 34.2 Å². The molecule has 34 heavy (non-hydrogen) atoms. The number of hydrogen-bond acceptors (Lipinski definition) is 2. The minimum atomic E-state index is -0.857. The maximum Gasteiger partial charge on any atom is 0.212 e. The summed E-state index contributed by atoms with van der Waals surface area (Å²) in [6.07, 6.45) is 6.09. The van der Waals surface area contributed by atoms with E-state index >= 15 is 0 Å². The van der Waals surface area contributed by atoms with Crippen LogP contribution in [0.15, 0.2) is 138 Å². The van der Waals surface area contributed by atoms with Crippen molar-refractivity contribution in [2.24, 2.45) is 5.16 Å². The minimum absolute atomic E-state index is 0.765. The van der Waals surface area contributed by atoms with Gasteiger partial charge in [-0.2, -0.15) is 0 Å². The van der Waals surface area contributed by atoms with Crippen LogP contribution in [0.25, 0.3) is 5.57 Å². The first-order valence-electron chi connectivity index (χ1n) is 11.8. The highest BCUT2D eigenvalue weighted by atomic mass is 16.6. The number of nitrogens with zero attached hydrogens (tertiary/aromatic N) is 1. The number of rotatable bonds is 5. The van der Waals surface area contributed by atoms with Crippen molar-refractivity contribution in [1.82, 2.24) is 0 Å². The van der Waals surface area contributed by atoms with Crippen molar-refractivity contribution >= 4 is 11.3 Å². The molecule has 2 aliphatic rings. The lowest BCUT2D eigenvalue weighted by atomic mass is 9.80. The van der Waals surface area contributed by atoms with Gasteiger partial charge in [-0.05, 0) is 22.3 Å². The van der Waals surface area contributed by atoms with Gasteiger partial charge >= 0.3 is 0 Å². The Kier molecular flexibility index (Phi) is 5.20. The normalized spacial score (nSPS) is 15.8. The fourth-order valence-corrected chi connectivity index (χ4v) is 5.14. The molecule has 2 heteroatoms. The second kappa shape index (κ2) is 8.64. The molecule has 0 aliphatic heterocycles. The number of fused-ring (bicyclic) bond motifs is 2. The van der Waals surface area contributed by atoms with Crippen molar-refractivity contribution in [2.45, 2.75) is 18.4 Å². The van der Waals surface area contributed by atoms with Crippen LogP contribution in [0.4, 0.5) is 0 Å². The minimum Gasteiger partial charge on any atom is -0.374 e. The van der Waals surface area contributed by atoms with E-state index in [4.69, 9.17) is 9.99 Å². The molecular weight excluding hydrogens is 414 g/mol. The Balaban J connectivity index is 1.50. The van der Waals surface area contributed by atoms with Gasteiger partial charge in [-0.1, -0.05) is 133 Å². The van der Waals surface area contributed by atoms with Gasteiger partial charge in [0.15, 0.2) is 0 Å². The fraction of sp³-hybridized carbons (Fsp3) is 0.0938. The van der Waals surface area contributed by atoms with Gasteiger partial charge in [-0.25, -0.2) is 0 Å². The molecule has 6 rings (SSSR count). The fourth-order valence-electron chi connectivity index (χ4n) is 5.14. The first-order valence-corrected chi connectivity index (χ1v) is 11.8. The molecule has 0 heterocycles. The van der Waals surface area contributed by atoms with Gasteiger partial charge in [-0.3, -0.25) is 0 Å². The summed E-state index contributed by atoms with van der Waals surface area (Å²) in [6, 6.07) is 39.8. The van der Waals surface area contributed by atoms with Crippen molar-refractivity contribution in [3.63, 3.8) is 0 Å². The lowest BCUT2D eigenvalue weighted by Crippen LogP contribution is -2.31. The molecule has 2 nitrogen and oxygen atoms in total. The van der Waals surface area contributed by atoms with Crippen molar-refractivity contribution in [3.8, 4) is 0 Å². The van der Waals surface area contributed by atoms with Gasteiger partial charge in [0.1, 0.15) is 0 Å². The van der Waals surface area contributed by atoms with Crippen LogP contribution in [-0.4, -0.2) is 5.71 Å². The monoisotopic (exact) mass is 439 g/mol. The molecule has 4 aromatic rings. The van der Waals surface area contributed by atoms with Gasteiger partial charge in [0.05, 0.1) is 5.71 Å². The highest BCUT2D eigenvalue weighted by Crippen LogP contribution is 2.42. The van der Waals surface area contributed by atoms with Crippen LogP contribution in [0.5, 0.6) is 0 Å². The third-order valence-electron chi connectivity index (χ3n) is 6.78. The summed E-state index contributed by atoms with van der Waals surface area (Å²) in [6.45, 7) is 0. The summed E-state index contributed by atoms with van der Waals surface area (Å²) in [7, 11) is 0. The van der Waals surface area contributed by atoms with Gasteiger partial charge in [0, 0.05) is 29.5 Å². The standard InChI is InChI=1S/C32H25NO/c1-4-14-25(15-5-1)32(26-16-6-2-7-17-26,27-18-8-3-9-19-27)34-33-31-22-12-21-29-28-20-11-10-13-24(28)23-30(29)31/h1-21H,22-23H2. The summed E-state index contributed by atoms with van der Waals surface area (Å²) in [5.41, 5.74) is 8.49. The smallest absolute Gasteiger partial charge is 0.212 e. The number of oxime groups is 1. The topological polar surface area (TPSA) is 21.6 Å². The summed E-state index contributed by atoms with van der Waals surface area (Å²) in [5.74, 6) is 0. The van der Waals surface area contributed by atoms with Crippen LogP contribution in [-0.2, 0) is 16.9 Å². The van der Waals surface area contributed by atoms with Crippen LogP contribution >= 0.6 is 0 Å². The summed E-state index contributed by atoms with van der Waals surface area (Å²) in [4.78, 5) is 6.75. The van der Waals surface area contributed by atoms with Crippen molar-refractivity contribution in [1.29, 1.82) is 0 Å². The Labute approximate surface area is 200 Å². The Morgan fingerprint density at radius 3 is 1.74 bits per heavy atom. The van der Waals surface area contributed by atoms with Crippen molar-refractivity contribution in [2.75, 3.05) is 0 Å². The van der Waals surface area contributed by atoms with Crippen molar-refractivity contribution in [3.05, 3.63) is 161 Å². The first kappa shape index (κ1) is 20.4. The molecule has 0 spiro atoms. The van der Waals surface area contributed by atoms with E-state index in [1.807, 2.05) is 18.2 Å². The molecule has 0 amide bonds. The average molecular weight is 440 g/mol. The maximum atomic E-state index is 6.75.